The van der Waals surface area contributed by atoms with E-state index in [9.17, 15) is 4.79 Å². The molecule has 2 N–H and O–H groups in total. The summed E-state index contributed by atoms with van der Waals surface area (Å²) in [5.41, 5.74) is 2.85. The van der Waals surface area contributed by atoms with E-state index in [0.29, 0.717) is 0 Å². The molecule has 84 valence electrons. The number of rotatable bonds is 3. The van der Waals surface area contributed by atoms with Crippen molar-refractivity contribution in [3.63, 3.8) is 0 Å². The highest BCUT2D eigenvalue weighted by Crippen LogP contribution is 2.13. The van der Waals surface area contributed by atoms with Gasteiger partial charge in [0.1, 0.15) is 0 Å². The molecule has 16 heavy (non-hydrogen) atoms. The standard InChI is InChI=1S/C12H15N3O/c1-9-7-14-12(16)15(9)11-6-4-3-5-10(11)8-13-2/h3-7,13H,8H2,1-2H3,(H,14,16). The van der Waals surface area contributed by atoms with Gasteiger partial charge in [0.2, 0.25) is 0 Å². The predicted molar refractivity (Wildman–Crippen MR) is 63.9 cm³/mol. The molecule has 0 aliphatic rings. The fourth-order valence-corrected chi connectivity index (χ4v) is 1.82. The summed E-state index contributed by atoms with van der Waals surface area (Å²) in [6.07, 6.45) is 1.72. The van der Waals surface area contributed by atoms with Crippen molar-refractivity contribution in [1.29, 1.82) is 0 Å². The molecule has 0 unspecified atom stereocenters. The molecule has 0 fully saturated rings. The summed E-state index contributed by atoms with van der Waals surface area (Å²) in [6.45, 7) is 2.65. The van der Waals surface area contributed by atoms with E-state index in [4.69, 9.17) is 0 Å². The molecule has 1 aromatic heterocycles. The monoisotopic (exact) mass is 217 g/mol. The number of H-pyrrole nitrogens is 1. The molecular formula is C12H15N3O. The number of benzene rings is 1. The van der Waals surface area contributed by atoms with E-state index in [1.807, 2.05) is 38.2 Å². The molecule has 1 aromatic carbocycles. The van der Waals surface area contributed by atoms with E-state index in [1.165, 1.54) is 0 Å². The summed E-state index contributed by atoms with van der Waals surface area (Å²) in [6, 6.07) is 7.89. The summed E-state index contributed by atoms with van der Waals surface area (Å²) in [7, 11) is 1.89. The Labute approximate surface area is 93.9 Å². The number of aryl methyl sites for hydroxylation is 1. The van der Waals surface area contributed by atoms with Crippen LogP contribution < -0.4 is 11.0 Å². The molecule has 2 rings (SSSR count). The Hall–Kier alpha value is -1.81. The fourth-order valence-electron chi connectivity index (χ4n) is 1.82. The molecule has 0 spiro atoms. The molecule has 0 bridgehead atoms. The van der Waals surface area contributed by atoms with Crippen molar-refractivity contribution in [2.45, 2.75) is 13.5 Å². The van der Waals surface area contributed by atoms with E-state index in [-0.39, 0.29) is 5.69 Å². The first-order valence-electron chi connectivity index (χ1n) is 5.24. The molecule has 0 saturated heterocycles. The predicted octanol–water partition coefficient (Wildman–Crippen LogP) is 1.19. The van der Waals surface area contributed by atoms with Crippen molar-refractivity contribution in [2.24, 2.45) is 0 Å². The summed E-state index contributed by atoms with van der Waals surface area (Å²) in [5, 5.41) is 3.10. The summed E-state index contributed by atoms with van der Waals surface area (Å²) >= 11 is 0. The van der Waals surface area contributed by atoms with Crippen LogP contribution in [0.25, 0.3) is 5.69 Å². The van der Waals surface area contributed by atoms with Crippen LogP contribution in [-0.4, -0.2) is 16.6 Å². The second-order valence-corrected chi connectivity index (χ2v) is 3.73. The Morgan fingerprint density at radius 3 is 2.75 bits per heavy atom. The van der Waals surface area contributed by atoms with Gasteiger partial charge in [0.25, 0.3) is 0 Å². The van der Waals surface area contributed by atoms with Crippen molar-refractivity contribution in [3.8, 4) is 5.69 Å². The lowest BCUT2D eigenvalue weighted by Gasteiger charge is -2.10. The number of imidazole rings is 1. The van der Waals surface area contributed by atoms with E-state index in [0.717, 1.165) is 23.5 Å². The molecule has 0 aliphatic carbocycles. The van der Waals surface area contributed by atoms with Gasteiger partial charge in [-0.2, -0.15) is 0 Å². The van der Waals surface area contributed by atoms with Crippen LogP contribution in [0.15, 0.2) is 35.3 Å². The van der Waals surface area contributed by atoms with Crippen molar-refractivity contribution < 1.29 is 0 Å². The van der Waals surface area contributed by atoms with Crippen molar-refractivity contribution in [1.82, 2.24) is 14.9 Å². The molecule has 0 radical (unpaired) electrons. The Balaban J connectivity index is 2.60. The van der Waals surface area contributed by atoms with Crippen LogP contribution in [-0.2, 0) is 6.54 Å². The molecule has 0 saturated carbocycles. The largest absolute Gasteiger partial charge is 0.330 e. The minimum absolute atomic E-state index is 0.0962. The smallest absolute Gasteiger partial charge is 0.316 e. The van der Waals surface area contributed by atoms with Gasteiger partial charge in [-0.05, 0) is 25.6 Å². The number of nitrogens with one attached hydrogen (secondary N) is 2. The maximum absolute atomic E-state index is 11.7. The third-order valence-corrected chi connectivity index (χ3v) is 2.56. The van der Waals surface area contributed by atoms with Gasteiger partial charge in [-0.3, -0.25) is 4.57 Å². The first kappa shape index (κ1) is 10.7. The lowest BCUT2D eigenvalue weighted by molar-refractivity contribution is 0.801. The van der Waals surface area contributed by atoms with E-state index >= 15 is 0 Å². The van der Waals surface area contributed by atoms with Crippen molar-refractivity contribution in [2.75, 3.05) is 7.05 Å². The summed E-state index contributed by atoms with van der Waals surface area (Å²) in [5.74, 6) is 0. The average Bonchev–Trinajstić information content (AvgIpc) is 2.60. The summed E-state index contributed by atoms with van der Waals surface area (Å²) < 4.78 is 1.69. The number of hydrogen-bond acceptors (Lipinski definition) is 2. The molecular weight excluding hydrogens is 202 g/mol. The minimum atomic E-state index is -0.0962. The molecule has 4 nitrogen and oxygen atoms in total. The SMILES string of the molecule is CNCc1ccccc1-n1c(C)c[nH]c1=O. The van der Waals surface area contributed by atoms with Gasteiger partial charge in [-0.15, -0.1) is 0 Å². The van der Waals surface area contributed by atoms with Gasteiger partial charge in [-0.25, -0.2) is 4.79 Å². The van der Waals surface area contributed by atoms with E-state index in [2.05, 4.69) is 10.3 Å². The Morgan fingerprint density at radius 1 is 1.38 bits per heavy atom. The Bertz CT molecular complexity index is 539. The zero-order valence-corrected chi connectivity index (χ0v) is 9.45. The zero-order valence-electron chi connectivity index (χ0n) is 9.45. The first-order chi connectivity index (χ1) is 7.74. The third-order valence-electron chi connectivity index (χ3n) is 2.56. The first-order valence-corrected chi connectivity index (χ1v) is 5.24. The second kappa shape index (κ2) is 4.37. The van der Waals surface area contributed by atoms with Crippen LogP contribution in [0, 0.1) is 6.92 Å². The van der Waals surface area contributed by atoms with E-state index < -0.39 is 0 Å². The van der Waals surface area contributed by atoms with Gasteiger partial charge in [-0.1, -0.05) is 18.2 Å². The van der Waals surface area contributed by atoms with Gasteiger partial charge in [0.05, 0.1) is 5.69 Å². The lowest BCUT2D eigenvalue weighted by atomic mass is 10.1. The molecule has 0 amide bonds. The van der Waals surface area contributed by atoms with Crippen LogP contribution in [0.3, 0.4) is 0 Å². The van der Waals surface area contributed by atoms with Gasteiger partial charge >= 0.3 is 5.69 Å². The number of nitrogens with zero attached hydrogens (tertiary/aromatic N) is 1. The van der Waals surface area contributed by atoms with Crippen LogP contribution in [0.1, 0.15) is 11.3 Å². The van der Waals surface area contributed by atoms with Crippen molar-refractivity contribution in [3.05, 3.63) is 52.2 Å². The number of aromatic nitrogens is 2. The van der Waals surface area contributed by atoms with Crippen LogP contribution in [0.2, 0.25) is 0 Å². The minimum Gasteiger partial charge on any atom is -0.316 e. The topological polar surface area (TPSA) is 49.8 Å². The van der Waals surface area contributed by atoms with Crippen LogP contribution in [0.4, 0.5) is 0 Å². The van der Waals surface area contributed by atoms with Crippen molar-refractivity contribution >= 4 is 0 Å². The number of hydrogen-bond donors (Lipinski definition) is 2. The quantitative estimate of drug-likeness (QED) is 0.811. The van der Waals surface area contributed by atoms with Gasteiger partial charge in [0.15, 0.2) is 0 Å². The molecule has 1 heterocycles. The molecule has 2 aromatic rings. The second-order valence-electron chi connectivity index (χ2n) is 3.73. The number of aromatic amines is 1. The highest BCUT2D eigenvalue weighted by Gasteiger charge is 2.08. The van der Waals surface area contributed by atoms with Crippen LogP contribution >= 0.6 is 0 Å². The Kier molecular flexibility index (Phi) is 2.92. The fraction of sp³-hybridized carbons (Fsp3) is 0.250. The third kappa shape index (κ3) is 1.79. The van der Waals surface area contributed by atoms with E-state index in [1.54, 1.807) is 10.8 Å². The molecule has 0 atom stereocenters. The maximum Gasteiger partial charge on any atom is 0.330 e. The average molecular weight is 217 g/mol. The Morgan fingerprint density at radius 2 is 2.12 bits per heavy atom. The zero-order chi connectivity index (χ0) is 11.5. The highest BCUT2D eigenvalue weighted by molar-refractivity contribution is 5.42. The number of para-hydroxylation sites is 1. The van der Waals surface area contributed by atoms with Crippen LogP contribution in [0.5, 0.6) is 0 Å². The van der Waals surface area contributed by atoms with Gasteiger partial charge < -0.3 is 10.3 Å². The molecule has 0 aliphatic heterocycles. The summed E-state index contributed by atoms with van der Waals surface area (Å²) in [4.78, 5) is 14.4. The van der Waals surface area contributed by atoms with Gasteiger partial charge in [0, 0.05) is 18.4 Å². The molecule has 4 heteroatoms. The maximum atomic E-state index is 11.7. The lowest BCUT2D eigenvalue weighted by Crippen LogP contribution is -2.19. The highest BCUT2D eigenvalue weighted by atomic mass is 16.1. The normalized spacial score (nSPS) is 10.6.